The second-order valence-corrected chi connectivity index (χ2v) is 13.5. The molecule has 3 aromatic carbocycles. The van der Waals surface area contributed by atoms with Crippen LogP contribution in [-0.2, 0) is 14.4 Å². The second kappa shape index (κ2) is 16.0. The Labute approximate surface area is 311 Å². The smallest absolute Gasteiger partial charge is 0.262 e. The molecule has 15 heteroatoms. The van der Waals surface area contributed by atoms with E-state index in [2.05, 4.69) is 31.6 Å². The minimum atomic E-state index is -0.735. The zero-order valence-electron chi connectivity index (χ0n) is 29.4. The van der Waals surface area contributed by atoms with E-state index in [9.17, 15) is 28.8 Å². The van der Waals surface area contributed by atoms with Gasteiger partial charge in [-0.2, -0.15) is 15.3 Å². The van der Waals surface area contributed by atoms with E-state index in [0.717, 1.165) is 0 Å². The third-order valence-corrected chi connectivity index (χ3v) is 10.0. The summed E-state index contributed by atoms with van der Waals surface area (Å²) in [6.45, 7) is 1.17. The van der Waals surface area contributed by atoms with Gasteiger partial charge in [-0.05, 0) is 91.6 Å². The lowest BCUT2D eigenvalue weighted by Crippen LogP contribution is -2.45. The molecular formula is C39H39N9O6. The van der Waals surface area contributed by atoms with Gasteiger partial charge in [0.15, 0.2) is 0 Å². The van der Waals surface area contributed by atoms with Crippen molar-refractivity contribution < 1.29 is 28.8 Å². The maximum Gasteiger partial charge on any atom is 0.262 e. The van der Waals surface area contributed by atoms with Gasteiger partial charge in [-0.1, -0.05) is 36.4 Å². The van der Waals surface area contributed by atoms with Gasteiger partial charge in [0.1, 0.15) is 18.1 Å². The van der Waals surface area contributed by atoms with E-state index in [1.165, 1.54) is 33.3 Å². The van der Waals surface area contributed by atoms with Gasteiger partial charge in [0.25, 0.3) is 35.4 Å². The maximum atomic E-state index is 13.6. The first kappa shape index (κ1) is 35.9. The summed E-state index contributed by atoms with van der Waals surface area (Å²) in [5, 5.41) is 12.3. The Morgan fingerprint density at radius 2 is 0.741 bits per heavy atom. The lowest BCUT2D eigenvalue weighted by Gasteiger charge is -2.23. The molecule has 4 aliphatic rings. The van der Waals surface area contributed by atoms with E-state index in [1.54, 1.807) is 72.8 Å². The Bertz CT molecular complexity index is 1850. The number of carbonyl (C=O) groups excluding carboxylic acids is 6. The van der Waals surface area contributed by atoms with E-state index >= 15 is 0 Å². The largest absolute Gasteiger partial charge is 0.327 e. The average molecular weight is 730 g/mol. The monoisotopic (exact) mass is 729 g/mol. The van der Waals surface area contributed by atoms with E-state index in [1.807, 2.05) is 0 Å². The first-order chi connectivity index (χ1) is 26.3. The van der Waals surface area contributed by atoms with Gasteiger partial charge < -0.3 is 14.7 Å². The van der Waals surface area contributed by atoms with Gasteiger partial charge in [-0.3, -0.25) is 28.8 Å². The Morgan fingerprint density at radius 3 is 1.04 bits per heavy atom. The van der Waals surface area contributed by atoms with Crippen LogP contribution >= 0.6 is 0 Å². The van der Waals surface area contributed by atoms with Crippen molar-refractivity contribution in [3.05, 3.63) is 106 Å². The molecule has 3 atom stereocenters. The van der Waals surface area contributed by atoms with Gasteiger partial charge in [-0.25, -0.2) is 16.3 Å². The summed E-state index contributed by atoms with van der Waals surface area (Å²) in [5.74, 6) is -2.30. The molecule has 7 rings (SSSR count). The van der Waals surface area contributed by atoms with Crippen molar-refractivity contribution >= 4 is 54.1 Å². The topological polar surface area (TPSA) is 185 Å². The first-order valence-electron chi connectivity index (χ1n) is 18.0. The molecule has 0 aromatic heterocycles. The molecule has 15 nitrogen and oxygen atoms in total. The number of benzene rings is 3. The summed E-state index contributed by atoms with van der Waals surface area (Å²) in [4.78, 5) is 84.9. The number of hydrogen-bond acceptors (Lipinski definition) is 9. The molecule has 0 spiro atoms. The number of fused-ring (bicyclic) bond motifs is 9. The summed E-state index contributed by atoms with van der Waals surface area (Å²) >= 11 is 0. The molecular weight excluding hydrogens is 690 g/mol. The molecule has 3 aromatic rings. The van der Waals surface area contributed by atoms with Crippen molar-refractivity contribution in [2.45, 2.75) is 56.7 Å². The first-order valence-corrected chi connectivity index (χ1v) is 18.0. The van der Waals surface area contributed by atoms with Crippen LogP contribution in [0.1, 0.15) is 86.3 Å². The predicted molar refractivity (Wildman–Crippen MR) is 199 cm³/mol. The zero-order valence-corrected chi connectivity index (χ0v) is 29.4. The van der Waals surface area contributed by atoms with Crippen molar-refractivity contribution in [1.29, 1.82) is 0 Å². The Hall–Kier alpha value is -6.51. The number of nitrogens with zero attached hydrogens (tertiary/aromatic N) is 6. The van der Waals surface area contributed by atoms with Gasteiger partial charge in [0, 0.05) is 36.3 Å². The van der Waals surface area contributed by atoms with E-state index in [0.29, 0.717) is 91.5 Å². The standard InChI is InChI=1S/C39H39N9O6/c49-34-31-13-4-16-46(31)37(52)28-10-1-7-25(19-28)22-40-43-35(50)32-14-5-17-47(32)38(53)29-11-3-9-27(21-29)24-42-45-36(51)33-15-6-18-48(33)39(54)30-12-2-8-26(20-30)23-41-44-34/h1-3,7-12,19-24,31-33H,4-6,13-18H2,(H,43,50)(H,44,49)(H,45,51)/b40-22-,41-23-,42-24-/t31-,32-,33-/m0/s1. The van der Waals surface area contributed by atoms with Crippen LogP contribution in [0.5, 0.6) is 0 Å². The highest BCUT2D eigenvalue weighted by Crippen LogP contribution is 2.24. The van der Waals surface area contributed by atoms with Crippen LogP contribution in [0.4, 0.5) is 0 Å². The highest BCUT2D eigenvalue weighted by molar-refractivity contribution is 6.02. The number of nitrogens with one attached hydrogen (secondary N) is 3. The molecule has 4 aliphatic heterocycles. The van der Waals surface area contributed by atoms with Gasteiger partial charge in [0.05, 0.1) is 18.6 Å². The summed E-state index contributed by atoms with van der Waals surface area (Å²) in [5.41, 5.74) is 10.3. The van der Waals surface area contributed by atoms with Crippen LogP contribution in [0.2, 0.25) is 0 Å². The SMILES string of the molecule is O=C1N/N=C\c2cccc(c2)C(=O)N2CCC[C@H]2C(=O)N/N=C\c2cccc(c2)C(=O)N2CCC[C@H]2C(=O)N/N=C\c2cccc(c2)C(=O)N2CCC[C@@H]12. The normalized spacial score (nSPS) is 24.4. The highest BCUT2D eigenvalue weighted by atomic mass is 16.2. The van der Waals surface area contributed by atoms with Crippen LogP contribution < -0.4 is 16.3 Å². The van der Waals surface area contributed by atoms with Gasteiger partial charge >= 0.3 is 0 Å². The molecule has 6 amide bonds. The number of rotatable bonds is 0. The van der Waals surface area contributed by atoms with E-state index < -0.39 is 35.8 Å². The minimum absolute atomic E-state index is 0.328. The molecule has 4 heterocycles. The Balaban J connectivity index is 1.15. The van der Waals surface area contributed by atoms with Crippen molar-refractivity contribution in [1.82, 2.24) is 31.0 Å². The summed E-state index contributed by atoms with van der Waals surface area (Å²) in [7, 11) is 0. The summed E-state index contributed by atoms with van der Waals surface area (Å²) < 4.78 is 0. The molecule has 276 valence electrons. The van der Waals surface area contributed by atoms with Crippen molar-refractivity contribution in [3.63, 3.8) is 0 Å². The molecule has 0 radical (unpaired) electrons. The lowest BCUT2D eigenvalue weighted by atomic mass is 10.1. The number of amides is 6. The fourth-order valence-electron chi connectivity index (χ4n) is 7.34. The number of hydrogen-bond donors (Lipinski definition) is 3. The van der Waals surface area contributed by atoms with Gasteiger partial charge in [-0.15, -0.1) is 0 Å². The van der Waals surface area contributed by atoms with Gasteiger partial charge in [0.2, 0.25) is 0 Å². The quantitative estimate of drug-likeness (QED) is 0.319. The van der Waals surface area contributed by atoms with E-state index in [4.69, 9.17) is 0 Å². The molecule has 3 saturated heterocycles. The summed E-state index contributed by atoms with van der Waals surface area (Å²) in [6.07, 6.45) is 7.58. The van der Waals surface area contributed by atoms with E-state index in [-0.39, 0.29) is 17.7 Å². The molecule has 0 unspecified atom stereocenters. The fourth-order valence-corrected chi connectivity index (χ4v) is 7.34. The molecule has 0 saturated carbocycles. The molecule has 3 N–H and O–H groups in total. The third-order valence-electron chi connectivity index (χ3n) is 10.0. The maximum absolute atomic E-state index is 13.6. The predicted octanol–water partition coefficient (Wildman–Crippen LogP) is 2.26. The molecule has 6 bridgehead atoms. The molecule has 54 heavy (non-hydrogen) atoms. The van der Waals surface area contributed by atoms with Crippen LogP contribution in [-0.4, -0.2) is 107 Å². The van der Waals surface area contributed by atoms with Crippen LogP contribution in [0.15, 0.2) is 88.1 Å². The minimum Gasteiger partial charge on any atom is -0.327 e. The summed E-state index contributed by atoms with van der Waals surface area (Å²) in [6, 6.07) is 17.9. The Kier molecular flexibility index (Phi) is 10.6. The van der Waals surface area contributed by atoms with Crippen LogP contribution in [0, 0.1) is 0 Å². The molecule has 3 fully saturated rings. The molecule has 0 aliphatic carbocycles. The van der Waals surface area contributed by atoms with Crippen molar-refractivity contribution in [3.8, 4) is 0 Å². The van der Waals surface area contributed by atoms with Crippen LogP contribution in [0.25, 0.3) is 0 Å². The third kappa shape index (κ3) is 7.79. The zero-order chi connectivity index (χ0) is 37.6. The number of hydrazone groups is 3. The average Bonchev–Trinajstić information content (AvgIpc) is 3.99. The Morgan fingerprint density at radius 1 is 0.444 bits per heavy atom. The fraction of sp³-hybridized carbons (Fsp3) is 0.308. The second-order valence-electron chi connectivity index (χ2n) is 13.5. The lowest BCUT2D eigenvalue weighted by molar-refractivity contribution is -0.125. The number of carbonyl (C=O) groups is 6. The van der Waals surface area contributed by atoms with Crippen LogP contribution in [0.3, 0.4) is 0 Å². The highest BCUT2D eigenvalue weighted by Gasteiger charge is 2.37. The van der Waals surface area contributed by atoms with Crippen molar-refractivity contribution in [2.75, 3.05) is 19.6 Å². The van der Waals surface area contributed by atoms with Crippen molar-refractivity contribution in [2.24, 2.45) is 15.3 Å².